The van der Waals surface area contributed by atoms with Crippen LogP contribution in [0.25, 0.3) is 0 Å². The first-order valence-electron chi connectivity index (χ1n) is 7.04. The van der Waals surface area contributed by atoms with Crippen molar-refractivity contribution >= 4 is 0 Å². The summed E-state index contributed by atoms with van der Waals surface area (Å²) >= 11 is 0. The van der Waals surface area contributed by atoms with Crippen molar-refractivity contribution in [2.45, 2.75) is 26.0 Å². The van der Waals surface area contributed by atoms with E-state index in [0.29, 0.717) is 25.2 Å². The van der Waals surface area contributed by atoms with Crippen LogP contribution < -0.4 is 14.8 Å². The lowest BCUT2D eigenvalue weighted by Crippen LogP contribution is -2.26. The molecule has 1 aromatic carbocycles. The Bertz CT molecular complexity index is 435. The minimum absolute atomic E-state index is 0.382. The standard InChI is InChI=1S/C15H21NO3/c1-11-13(4-5-17-11)10-16-9-12-2-3-14-15(8-12)19-7-6-18-14/h2-3,8,11,13,16H,4-7,9-10H2,1H3. The molecular formula is C15H21NO3. The van der Waals surface area contributed by atoms with E-state index in [1.54, 1.807) is 0 Å². The van der Waals surface area contributed by atoms with Gasteiger partial charge in [-0.15, -0.1) is 0 Å². The molecule has 3 rings (SSSR count). The molecule has 2 atom stereocenters. The fourth-order valence-corrected chi connectivity index (χ4v) is 2.64. The summed E-state index contributed by atoms with van der Waals surface area (Å²) in [5.74, 6) is 2.35. The zero-order chi connectivity index (χ0) is 13.1. The number of ether oxygens (including phenoxy) is 3. The van der Waals surface area contributed by atoms with Gasteiger partial charge in [-0.2, -0.15) is 0 Å². The van der Waals surface area contributed by atoms with E-state index in [9.17, 15) is 0 Å². The summed E-state index contributed by atoms with van der Waals surface area (Å²) in [6.45, 7) is 6.21. The molecule has 2 aliphatic rings. The average Bonchev–Trinajstić information content (AvgIpc) is 2.84. The third-order valence-corrected chi connectivity index (χ3v) is 3.88. The van der Waals surface area contributed by atoms with Crippen LogP contribution >= 0.6 is 0 Å². The smallest absolute Gasteiger partial charge is 0.161 e. The van der Waals surface area contributed by atoms with Gasteiger partial charge in [0.2, 0.25) is 0 Å². The maximum absolute atomic E-state index is 5.59. The largest absolute Gasteiger partial charge is 0.486 e. The third kappa shape index (κ3) is 3.01. The van der Waals surface area contributed by atoms with Gasteiger partial charge in [0.05, 0.1) is 6.10 Å². The minimum atomic E-state index is 0.382. The molecule has 1 saturated heterocycles. The number of rotatable bonds is 4. The number of nitrogens with one attached hydrogen (secondary N) is 1. The molecule has 0 saturated carbocycles. The molecule has 1 N–H and O–H groups in total. The van der Waals surface area contributed by atoms with Crippen molar-refractivity contribution < 1.29 is 14.2 Å². The summed E-state index contributed by atoms with van der Waals surface area (Å²) in [5.41, 5.74) is 1.23. The average molecular weight is 263 g/mol. The van der Waals surface area contributed by atoms with Gasteiger partial charge in [-0.25, -0.2) is 0 Å². The highest BCUT2D eigenvalue weighted by atomic mass is 16.6. The fraction of sp³-hybridized carbons (Fsp3) is 0.600. The van der Waals surface area contributed by atoms with Gasteiger partial charge in [0.25, 0.3) is 0 Å². The van der Waals surface area contributed by atoms with Crippen molar-refractivity contribution in [2.75, 3.05) is 26.4 Å². The van der Waals surface area contributed by atoms with Crippen LogP contribution in [0.4, 0.5) is 0 Å². The van der Waals surface area contributed by atoms with Gasteiger partial charge in [0, 0.05) is 19.7 Å². The van der Waals surface area contributed by atoms with Crippen molar-refractivity contribution in [3.8, 4) is 11.5 Å². The Balaban J connectivity index is 1.52. The first kappa shape index (κ1) is 12.8. The van der Waals surface area contributed by atoms with Crippen LogP contribution in [0.5, 0.6) is 11.5 Å². The van der Waals surface area contributed by atoms with E-state index in [-0.39, 0.29) is 0 Å². The highest BCUT2D eigenvalue weighted by Crippen LogP contribution is 2.30. The second-order valence-corrected chi connectivity index (χ2v) is 5.23. The molecule has 1 aromatic rings. The molecule has 19 heavy (non-hydrogen) atoms. The summed E-state index contributed by atoms with van der Waals surface area (Å²) in [5, 5.41) is 3.50. The Morgan fingerprint density at radius 1 is 1.16 bits per heavy atom. The van der Waals surface area contributed by atoms with Crippen molar-refractivity contribution in [1.82, 2.24) is 5.32 Å². The summed E-state index contributed by atoms with van der Waals surface area (Å²) in [4.78, 5) is 0. The van der Waals surface area contributed by atoms with E-state index in [4.69, 9.17) is 14.2 Å². The van der Waals surface area contributed by atoms with E-state index in [2.05, 4.69) is 24.4 Å². The van der Waals surface area contributed by atoms with Gasteiger partial charge < -0.3 is 19.5 Å². The number of fused-ring (bicyclic) bond motifs is 1. The van der Waals surface area contributed by atoms with E-state index >= 15 is 0 Å². The zero-order valence-electron chi connectivity index (χ0n) is 11.4. The van der Waals surface area contributed by atoms with Crippen molar-refractivity contribution in [3.63, 3.8) is 0 Å². The van der Waals surface area contributed by atoms with E-state index in [0.717, 1.165) is 37.6 Å². The van der Waals surface area contributed by atoms with Crippen molar-refractivity contribution in [2.24, 2.45) is 5.92 Å². The Labute approximate surface area is 114 Å². The predicted octanol–water partition coefficient (Wildman–Crippen LogP) is 1.97. The summed E-state index contributed by atoms with van der Waals surface area (Å²) in [7, 11) is 0. The number of hydrogen-bond acceptors (Lipinski definition) is 4. The normalized spacial score (nSPS) is 25.5. The van der Waals surface area contributed by atoms with Crippen molar-refractivity contribution in [1.29, 1.82) is 0 Å². The Hall–Kier alpha value is -1.26. The summed E-state index contributed by atoms with van der Waals surface area (Å²) < 4.78 is 16.7. The molecule has 0 bridgehead atoms. The molecule has 0 spiro atoms. The monoisotopic (exact) mass is 263 g/mol. The van der Waals surface area contributed by atoms with E-state index < -0.39 is 0 Å². The first-order chi connectivity index (χ1) is 9.33. The second-order valence-electron chi connectivity index (χ2n) is 5.23. The van der Waals surface area contributed by atoms with Crippen LogP contribution in [0.3, 0.4) is 0 Å². The Morgan fingerprint density at radius 3 is 2.79 bits per heavy atom. The lowest BCUT2D eigenvalue weighted by Gasteiger charge is -2.19. The topological polar surface area (TPSA) is 39.7 Å². The van der Waals surface area contributed by atoms with Crippen molar-refractivity contribution in [3.05, 3.63) is 23.8 Å². The predicted molar refractivity (Wildman–Crippen MR) is 72.7 cm³/mol. The van der Waals surface area contributed by atoms with E-state index in [1.165, 1.54) is 5.56 Å². The molecule has 1 fully saturated rings. The number of hydrogen-bond donors (Lipinski definition) is 1. The molecule has 104 valence electrons. The zero-order valence-corrected chi connectivity index (χ0v) is 11.4. The summed E-state index contributed by atoms with van der Waals surface area (Å²) in [6, 6.07) is 6.15. The summed E-state index contributed by atoms with van der Waals surface area (Å²) in [6.07, 6.45) is 1.54. The molecular weight excluding hydrogens is 242 g/mol. The molecule has 0 aliphatic carbocycles. The van der Waals surface area contributed by atoms with E-state index in [1.807, 2.05) is 6.07 Å². The fourth-order valence-electron chi connectivity index (χ4n) is 2.64. The highest BCUT2D eigenvalue weighted by Gasteiger charge is 2.23. The molecule has 0 radical (unpaired) electrons. The Morgan fingerprint density at radius 2 is 2.00 bits per heavy atom. The SMILES string of the molecule is CC1OCCC1CNCc1ccc2c(c1)OCCO2. The van der Waals surface area contributed by atoms with Crippen LogP contribution in [0.1, 0.15) is 18.9 Å². The minimum Gasteiger partial charge on any atom is -0.486 e. The molecule has 2 heterocycles. The highest BCUT2D eigenvalue weighted by molar-refractivity contribution is 5.43. The maximum Gasteiger partial charge on any atom is 0.161 e. The molecule has 4 nitrogen and oxygen atoms in total. The molecule has 0 amide bonds. The maximum atomic E-state index is 5.59. The van der Waals surface area contributed by atoms with Crippen LogP contribution in [0.15, 0.2) is 18.2 Å². The van der Waals surface area contributed by atoms with Gasteiger partial charge >= 0.3 is 0 Å². The van der Waals surface area contributed by atoms with Gasteiger partial charge in [0.15, 0.2) is 11.5 Å². The first-order valence-corrected chi connectivity index (χ1v) is 7.04. The van der Waals surface area contributed by atoms with Gasteiger partial charge in [0.1, 0.15) is 13.2 Å². The van der Waals surface area contributed by atoms with Gasteiger partial charge in [-0.1, -0.05) is 6.07 Å². The quantitative estimate of drug-likeness (QED) is 0.901. The molecule has 2 unspecified atom stereocenters. The molecule has 2 aliphatic heterocycles. The number of benzene rings is 1. The van der Waals surface area contributed by atoms with Crippen LogP contribution in [0, 0.1) is 5.92 Å². The van der Waals surface area contributed by atoms with Crippen LogP contribution in [0.2, 0.25) is 0 Å². The Kier molecular flexibility index (Phi) is 3.89. The second kappa shape index (κ2) is 5.80. The van der Waals surface area contributed by atoms with Crippen LogP contribution in [-0.4, -0.2) is 32.5 Å². The van der Waals surface area contributed by atoms with Gasteiger partial charge in [-0.05, 0) is 37.0 Å². The lowest BCUT2D eigenvalue weighted by atomic mass is 10.0. The lowest BCUT2D eigenvalue weighted by molar-refractivity contribution is 0.105. The van der Waals surface area contributed by atoms with Gasteiger partial charge in [-0.3, -0.25) is 0 Å². The molecule has 4 heteroatoms. The van der Waals surface area contributed by atoms with Crippen LogP contribution in [-0.2, 0) is 11.3 Å². The molecule has 0 aromatic heterocycles. The third-order valence-electron chi connectivity index (χ3n) is 3.88.